The number of nitro groups is 1. The molecule has 2 rings (SSSR count). The van der Waals surface area contributed by atoms with Crippen molar-refractivity contribution in [3.63, 3.8) is 0 Å². The van der Waals surface area contributed by atoms with E-state index in [4.69, 9.17) is 16.1 Å². The third-order valence-electron chi connectivity index (χ3n) is 2.62. The molecule has 0 unspecified atom stereocenters. The molecule has 0 spiro atoms. The molecule has 1 aromatic heterocycles. The van der Waals surface area contributed by atoms with Gasteiger partial charge in [-0.1, -0.05) is 16.8 Å². The molecule has 0 radical (unpaired) electrons. The maximum Gasteiger partial charge on any atom is 0.288 e. The lowest BCUT2D eigenvalue weighted by atomic mass is 10.1. The quantitative estimate of drug-likeness (QED) is 0.685. The molecule has 0 aliphatic carbocycles. The van der Waals surface area contributed by atoms with Crippen molar-refractivity contribution in [1.82, 2.24) is 5.16 Å². The Kier molecular flexibility index (Phi) is 3.71. The van der Waals surface area contributed by atoms with Gasteiger partial charge in [0.1, 0.15) is 5.02 Å². The molecule has 100 valence electrons. The van der Waals surface area contributed by atoms with Crippen molar-refractivity contribution in [1.29, 1.82) is 0 Å². The Balaban J connectivity index is 2.17. The molecule has 0 amide bonds. The van der Waals surface area contributed by atoms with E-state index in [2.05, 4.69) is 10.5 Å². The SMILES string of the molecule is Cc1cc(CNc2cc(Cl)c([N+](=O)[O-])cc2C)on1. The number of aryl methyl sites for hydroxylation is 2. The van der Waals surface area contributed by atoms with Gasteiger partial charge < -0.3 is 9.84 Å². The molecule has 6 nitrogen and oxygen atoms in total. The van der Waals surface area contributed by atoms with Crippen LogP contribution in [0, 0.1) is 24.0 Å². The van der Waals surface area contributed by atoms with Crippen LogP contribution in [0.25, 0.3) is 0 Å². The summed E-state index contributed by atoms with van der Waals surface area (Å²) in [5.41, 5.74) is 2.17. The summed E-state index contributed by atoms with van der Waals surface area (Å²) in [7, 11) is 0. The fourth-order valence-corrected chi connectivity index (χ4v) is 1.91. The Morgan fingerprint density at radius 2 is 2.16 bits per heavy atom. The highest BCUT2D eigenvalue weighted by Gasteiger charge is 2.15. The van der Waals surface area contributed by atoms with Gasteiger partial charge in [-0.25, -0.2) is 0 Å². The van der Waals surface area contributed by atoms with Crippen LogP contribution in [0.1, 0.15) is 17.0 Å². The minimum Gasteiger partial charge on any atom is -0.377 e. The molecule has 0 bridgehead atoms. The molecule has 0 saturated heterocycles. The summed E-state index contributed by atoms with van der Waals surface area (Å²) in [6.45, 7) is 4.05. The lowest BCUT2D eigenvalue weighted by Crippen LogP contribution is -2.01. The molecule has 19 heavy (non-hydrogen) atoms. The highest BCUT2D eigenvalue weighted by Crippen LogP contribution is 2.30. The summed E-state index contributed by atoms with van der Waals surface area (Å²) in [4.78, 5) is 10.2. The second-order valence-corrected chi connectivity index (χ2v) is 4.57. The van der Waals surface area contributed by atoms with E-state index in [1.54, 1.807) is 6.92 Å². The van der Waals surface area contributed by atoms with E-state index >= 15 is 0 Å². The van der Waals surface area contributed by atoms with Gasteiger partial charge in [0.2, 0.25) is 0 Å². The van der Waals surface area contributed by atoms with Crippen LogP contribution in [-0.4, -0.2) is 10.1 Å². The van der Waals surface area contributed by atoms with Crippen LogP contribution in [0.2, 0.25) is 5.02 Å². The Morgan fingerprint density at radius 1 is 1.42 bits per heavy atom. The van der Waals surface area contributed by atoms with E-state index in [0.29, 0.717) is 12.3 Å². The van der Waals surface area contributed by atoms with Crippen LogP contribution >= 0.6 is 11.6 Å². The molecule has 2 aromatic rings. The summed E-state index contributed by atoms with van der Waals surface area (Å²) in [5, 5.41) is 17.7. The van der Waals surface area contributed by atoms with E-state index < -0.39 is 4.92 Å². The predicted octanol–water partition coefficient (Wildman–Crippen LogP) is 3.47. The first-order chi connectivity index (χ1) is 8.97. The fourth-order valence-electron chi connectivity index (χ4n) is 1.68. The number of nitro benzene ring substituents is 1. The highest BCUT2D eigenvalue weighted by molar-refractivity contribution is 6.33. The highest BCUT2D eigenvalue weighted by atomic mass is 35.5. The lowest BCUT2D eigenvalue weighted by Gasteiger charge is -2.08. The number of hydrogen-bond donors (Lipinski definition) is 1. The third-order valence-corrected chi connectivity index (χ3v) is 2.92. The molecule has 1 heterocycles. The van der Waals surface area contributed by atoms with Gasteiger partial charge in [0.15, 0.2) is 5.76 Å². The van der Waals surface area contributed by atoms with Gasteiger partial charge >= 0.3 is 0 Å². The van der Waals surface area contributed by atoms with Crippen molar-refractivity contribution in [2.75, 3.05) is 5.32 Å². The zero-order valence-electron chi connectivity index (χ0n) is 10.4. The van der Waals surface area contributed by atoms with Crippen molar-refractivity contribution in [3.8, 4) is 0 Å². The normalized spacial score (nSPS) is 10.5. The van der Waals surface area contributed by atoms with E-state index in [1.165, 1.54) is 12.1 Å². The zero-order chi connectivity index (χ0) is 14.0. The van der Waals surface area contributed by atoms with Gasteiger partial charge in [-0.15, -0.1) is 0 Å². The van der Waals surface area contributed by atoms with Crippen LogP contribution in [-0.2, 0) is 6.54 Å². The Morgan fingerprint density at radius 3 is 2.74 bits per heavy atom. The molecular weight excluding hydrogens is 270 g/mol. The Bertz CT molecular complexity index is 625. The summed E-state index contributed by atoms with van der Waals surface area (Å²) in [6.07, 6.45) is 0. The lowest BCUT2D eigenvalue weighted by molar-refractivity contribution is -0.384. The number of benzene rings is 1. The minimum atomic E-state index is -0.501. The molecular formula is C12H12ClN3O3. The molecule has 0 saturated carbocycles. The van der Waals surface area contributed by atoms with E-state index in [9.17, 15) is 10.1 Å². The van der Waals surface area contributed by atoms with Crippen LogP contribution in [0.4, 0.5) is 11.4 Å². The largest absolute Gasteiger partial charge is 0.377 e. The smallest absolute Gasteiger partial charge is 0.288 e. The molecule has 0 aliphatic rings. The van der Waals surface area contributed by atoms with Crippen molar-refractivity contribution < 1.29 is 9.45 Å². The minimum absolute atomic E-state index is 0.0970. The third kappa shape index (κ3) is 3.03. The van der Waals surface area contributed by atoms with Crippen LogP contribution in [0.3, 0.4) is 0 Å². The van der Waals surface area contributed by atoms with Crippen molar-refractivity contribution >= 4 is 23.0 Å². The van der Waals surface area contributed by atoms with Crippen LogP contribution in [0.5, 0.6) is 0 Å². The average Bonchev–Trinajstić information content (AvgIpc) is 2.75. The summed E-state index contributed by atoms with van der Waals surface area (Å²) in [5.74, 6) is 0.686. The van der Waals surface area contributed by atoms with E-state index in [1.807, 2.05) is 13.0 Å². The maximum absolute atomic E-state index is 10.7. The Hall–Kier alpha value is -2.08. The second kappa shape index (κ2) is 5.27. The number of nitrogens with one attached hydrogen (secondary N) is 1. The van der Waals surface area contributed by atoms with E-state index in [-0.39, 0.29) is 10.7 Å². The fraction of sp³-hybridized carbons (Fsp3) is 0.250. The summed E-state index contributed by atoms with van der Waals surface area (Å²) in [6, 6.07) is 4.80. The van der Waals surface area contributed by atoms with Crippen molar-refractivity contribution in [2.45, 2.75) is 20.4 Å². The van der Waals surface area contributed by atoms with Gasteiger partial charge in [-0.05, 0) is 25.5 Å². The maximum atomic E-state index is 10.7. The molecule has 7 heteroatoms. The van der Waals surface area contributed by atoms with Gasteiger partial charge in [-0.2, -0.15) is 0 Å². The summed E-state index contributed by atoms with van der Waals surface area (Å²) >= 11 is 5.86. The Labute approximate surface area is 114 Å². The number of nitrogens with zero attached hydrogens (tertiary/aromatic N) is 2. The number of aromatic nitrogens is 1. The van der Waals surface area contributed by atoms with Crippen molar-refractivity contribution in [2.24, 2.45) is 0 Å². The number of rotatable bonds is 4. The molecule has 1 aromatic carbocycles. The second-order valence-electron chi connectivity index (χ2n) is 4.16. The molecule has 1 N–H and O–H groups in total. The zero-order valence-corrected chi connectivity index (χ0v) is 11.2. The first kappa shape index (κ1) is 13.4. The molecule has 0 fully saturated rings. The average molecular weight is 282 g/mol. The topological polar surface area (TPSA) is 81.2 Å². The summed E-state index contributed by atoms with van der Waals surface area (Å²) < 4.78 is 5.06. The predicted molar refractivity (Wildman–Crippen MR) is 71.4 cm³/mol. The molecule has 0 aliphatic heterocycles. The van der Waals surface area contributed by atoms with Gasteiger partial charge in [-0.3, -0.25) is 10.1 Å². The first-order valence-electron chi connectivity index (χ1n) is 5.58. The van der Waals surface area contributed by atoms with Gasteiger partial charge in [0.25, 0.3) is 5.69 Å². The van der Waals surface area contributed by atoms with Crippen molar-refractivity contribution in [3.05, 3.63) is 50.4 Å². The number of hydrogen-bond acceptors (Lipinski definition) is 5. The monoisotopic (exact) mass is 281 g/mol. The standard InChI is InChI=1S/C12H12ClN3O3/c1-7-3-12(16(17)18)10(13)5-11(7)14-6-9-4-8(2)15-19-9/h3-5,14H,6H2,1-2H3. The molecule has 0 atom stereocenters. The van der Waals surface area contributed by atoms with Gasteiger partial charge in [0.05, 0.1) is 17.2 Å². The van der Waals surface area contributed by atoms with E-state index in [0.717, 1.165) is 16.9 Å². The first-order valence-corrected chi connectivity index (χ1v) is 5.96. The van der Waals surface area contributed by atoms with Crippen LogP contribution in [0.15, 0.2) is 22.7 Å². The number of anilines is 1. The van der Waals surface area contributed by atoms with Gasteiger partial charge in [0, 0.05) is 17.8 Å². The van der Waals surface area contributed by atoms with Crippen LogP contribution < -0.4 is 5.32 Å². The number of halogens is 1.